The number of nitrogens with zero attached hydrogens (tertiary/aromatic N) is 4. The van der Waals surface area contributed by atoms with Gasteiger partial charge in [-0.05, 0) is 70.0 Å². The van der Waals surface area contributed by atoms with Crippen molar-refractivity contribution < 1.29 is 18.1 Å². The number of ether oxygens (including phenoxy) is 1. The summed E-state index contributed by atoms with van der Waals surface area (Å²) in [5.74, 6) is 0.691. The first-order valence-corrected chi connectivity index (χ1v) is 13.7. The molecular weight excluding hydrogens is 505 g/mol. The minimum absolute atomic E-state index is 0.123. The Morgan fingerprint density at radius 3 is 2.71 bits per heavy atom. The lowest BCUT2D eigenvalue weighted by Gasteiger charge is -2.18. The molecule has 198 valence electrons. The van der Waals surface area contributed by atoms with Crippen LogP contribution in [-0.2, 0) is 27.7 Å². The molecule has 1 amide bonds. The van der Waals surface area contributed by atoms with E-state index in [1.165, 1.54) is 0 Å². The zero-order valence-electron chi connectivity index (χ0n) is 21.8. The first kappa shape index (κ1) is 25.8. The molecule has 38 heavy (non-hydrogen) atoms. The summed E-state index contributed by atoms with van der Waals surface area (Å²) in [6.45, 7) is 8.39. The van der Waals surface area contributed by atoms with Crippen molar-refractivity contribution in [3.8, 4) is 11.5 Å². The molecule has 0 saturated carbocycles. The molecule has 1 aliphatic rings. The van der Waals surface area contributed by atoms with Gasteiger partial charge < -0.3 is 10.1 Å². The normalized spacial score (nSPS) is 15.7. The van der Waals surface area contributed by atoms with Crippen LogP contribution in [0.2, 0.25) is 0 Å². The maximum atomic E-state index is 15.3. The number of hydrogen-bond donors (Lipinski definition) is 1. The summed E-state index contributed by atoms with van der Waals surface area (Å²) in [4.78, 5) is 17.0. The minimum atomic E-state index is -1.04. The van der Waals surface area contributed by atoms with Gasteiger partial charge in [-0.1, -0.05) is 6.07 Å². The Morgan fingerprint density at radius 1 is 1.18 bits per heavy atom. The van der Waals surface area contributed by atoms with Gasteiger partial charge in [0.2, 0.25) is 5.91 Å². The van der Waals surface area contributed by atoms with E-state index in [4.69, 9.17) is 4.74 Å². The standard InChI is InChI=1S/C28H30FN5O3S/c1-18-24(9-6-19(27(18)29)14-26(35)32-20-16-31-34(17-20)28(2,3)4)37-25-10-11-30-23-8-7-21(15-22(23)25)33-12-5-13-38(33)36/h6-11,15-17H,5,12-14H2,1-4H3,(H,32,35). The lowest BCUT2D eigenvalue weighted by atomic mass is 10.1. The number of benzene rings is 2. The number of rotatable bonds is 6. The molecule has 5 rings (SSSR count). The van der Waals surface area contributed by atoms with Crippen LogP contribution in [0, 0.1) is 12.7 Å². The topological polar surface area (TPSA) is 89.3 Å². The number of hydrogen-bond acceptors (Lipinski definition) is 5. The summed E-state index contributed by atoms with van der Waals surface area (Å²) in [6, 6.07) is 10.6. The molecule has 10 heteroatoms. The molecule has 3 heterocycles. The summed E-state index contributed by atoms with van der Waals surface area (Å²) in [5, 5.41) is 7.80. The number of halogens is 1. The molecule has 1 aliphatic heterocycles. The van der Waals surface area contributed by atoms with E-state index in [0.717, 1.165) is 29.6 Å². The summed E-state index contributed by atoms with van der Waals surface area (Å²) >= 11 is 0. The minimum Gasteiger partial charge on any atom is -0.456 e. The molecule has 1 fully saturated rings. The Morgan fingerprint density at radius 2 is 2.00 bits per heavy atom. The molecule has 2 aromatic carbocycles. The predicted molar refractivity (Wildman–Crippen MR) is 147 cm³/mol. The molecule has 1 saturated heterocycles. The number of pyridine rings is 1. The van der Waals surface area contributed by atoms with Crippen LogP contribution in [0.3, 0.4) is 0 Å². The van der Waals surface area contributed by atoms with Crippen molar-refractivity contribution in [2.75, 3.05) is 21.9 Å². The van der Waals surface area contributed by atoms with Gasteiger partial charge in [0.15, 0.2) is 0 Å². The van der Waals surface area contributed by atoms with Crippen molar-refractivity contribution in [3.05, 3.63) is 71.9 Å². The van der Waals surface area contributed by atoms with Crippen molar-refractivity contribution in [1.82, 2.24) is 14.8 Å². The number of nitrogens with one attached hydrogen (secondary N) is 1. The number of fused-ring (bicyclic) bond motifs is 1. The van der Waals surface area contributed by atoms with E-state index in [0.29, 0.717) is 28.5 Å². The van der Waals surface area contributed by atoms with Gasteiger partial charge >= 0.3 is 0 Å². The van der Waals surface area contributed by atoms with E-state index < -0.39 is 16.8 Å². The maximum absolute atomic E-state index is 15.3. The molecule has 1 unspecified atom stereocenters. The quantitative estimate of drug-likeness (QED) is 0.353. The first-order chi connectivity index (χ1) is 18.1. The van der Waals surface area contributed by atoms with Crippen LogP contribution in [-0.4, -0.2) is 37.2 Å². The van der Waals surface area contributed by atoms with Crippen molar-refractivity contribution >= 4 is 39.2 Å². The Labute approximate surface area is 223 Å². The molecule has 8 nitrogen and oxygen atoms in total. The highest BCUT2D eigenvalue weighted by molar-refractivity contribution is 7.86. The molecule has 1 atom stereocenters. The van der Waals surface area contributed by atoms with Gasteiger partial charge in [-0.3, -0.25) is 18.8 Å². The van der Waals surface area contributed by atoms with Crippen LogP contribution in [0.1, 0.15) is 38.3 Å². The fraction of sp³-hybridized carbons (Fsp3) is 0.321. The predicted octanol–water partition coefficient (Wildman–Crippen LogP) is 5.48. The van der Waals surface area contributed by atoms with Gasteiger partial charge in [0.1, 0.15) is 28.3 Å². The van der Waals surface area contributed by atoms with Gasteiger partial charge in [-0.2, -0.15) is 5.10 Å². The average molecular weight is 536 g/mol. The lowest BCUT2D eigenvalue weighted by Crippen LogP contribution is -2.22. The van der Waals surface area contributed by atoms with E-state index in [1.807, 2.05) is 43.3 Å². The van der Waals surface area contributed by atoms with E-state index >= 15 is 4.39 Å². The smallest absolute Gasteiger partial charge is 0.228 e. The summed E-state index contributed by atoms with van der Waals surface area (Å²) < 4.78 is 37.4. The second-order valence-electron chi connectivity index (χ2n) is 10.3. The number of carbonyl (C=O) groups is 1. The third-order valence-corrected chi connectivity index (χ3v) is 7.96. The number of aromatic nitrogens is 3. The Balaban J connectivity index is 1.35. The molecule has 1 N–H and O–H groups in total. The van der Waals surface area contributed by atoms with E-state index in [2.05, 4.69) is 15.4 Å². The van der Waals surface area contributed by atoms with Crippen LogP contribution < -0.4 is 14.4 Å². The van der Waals surface area contributed by atoms with Crippen molar-refractivity contribution in [2.45, 2.75) is 46.1 Å². The molecule has 0 radical (unpaired) electrons. The van der Waals surface area contributed by atoms with Gasteiger partial charge in [0, 0.05) is 35.6 Å². The molecule has 4 aromatic rings. The van der Waals surface area contributed by atoms with Gasteiger partial charge in [-0.25, -0.2) is 8.60 Å². The Hall–Kier alpha value is -3.79. The van der Waals surface area contributed by atoms with Crippen molar-refractivity contribution in [2.24, 2.45) is 0 Å². The van der Waals surface area contributed by atoms with Crippen LogP contribution in [0.4, 0.5) is 15.8 Å². The number of amides is 1. The van der Waals surface area contributed by atoms with Gasteiger partial charge in [0.05, 0.1) is 35.0 Å². The third-order valence-electron chi connectivity index (χ3n) is 6.44. The van der Waals surface area contributed by atoms with Gasteiger partial charge in [-0.15, -0.1) is 0 Å². The van der Waals surface area contributed by atoms with E-state index in [9.17, 15) is 9.00 Å². The molecule has 0 bridgehead atoms. The first-order valence-electron chi connectivity index (χ1n) is 12.5. The SMILES string of the molecule is Cc1c(Oc2ccnc3ccc(N4CCCS4=O)cc23)ccc(CC(=O)Nc2cnn(C(C)(C)C)c2)c1F. The summed E-state index contributed by atoms with van der Waals surface area (Å²) in [7, 11) is -1.04. The third kappa shape index (κ3) is 5.26. The second kappa shape index (κ2) is 10.2. The monoisotopic (exact) mass is 535 g/mol. The molecule has 2 aromatic heterocycles. The fourth-order valence-corrected chi connectivity index (χ4v) is 5.64. The lowest BCUT2D eigenvalue weighted by molar-refractivity contribution is -0.115. The summed E-state index contributed by atoms with van der Waals surface area (Å²) in [5.41, 5.74) is 2.48. The molecule has 0 spiro atoms. The highest BCUT2D eigenvalue weighted by atomic mass is 32.2. The van der Waals surface area contributed by atoms with Crippen LogP contribution in [0.25, 0.3) is 10.9 Å². The van der Waals surface area contributed by atoms with Crippen molar-refractivity contribution in [3.63, 3.8) is 0 Å². The van der Waals surface area contributed by atoms with E-state index in [1.54, 1.807) is 48.4 Å². The van der Waals surface area contributed by atoms with Gasteiger partial charge in [0.25, 0.3) is 0 Å². The second-order valence-corrected chi connectivity index (χ2v) is 11.8. The van der Waals surface area contributed by atoms with Crippen LogP contribution in [0.5, 0.6) is 11.5 Å². The Bertz CT molecular complexity index is 1550. The highest BCUT2D eigenvalue weighted by Crippen LogP contribution is 2.35. The van der Waals surface area contributed by atoms with E-state index in [-0.39, 0.29) is 23.4 Å². The van der Waals surface area contributed by atoms with Crippen molar-refractivity contribution in [1.29, 1.82) is 0 Å². The Kier molecular flexibility index (Phi) is 6.92. The maximum Gasteiger partial charge on any atom is 0.228 e. The van der Waals surface area contributed by atoms with Crippen LogP contribution >= 0.6 is 0 Å². The largest absolute Gasteiger partial charge is 0.456 e. The zero-order valence-corrected chi connectivity index (χ0v) is 22.6. The fourth-order valence-electron chi connectivity index (χ4n) is 4.36. The average Bonchev–Trinajstić information content (AvgIpc) is 3.52. The summed E-state index contributed by atoms with van der Waals surface area (Å²) in [6.07, 6.45) is 5.72. The van der Waals surface area contributed by atoms with Crippen LogP contribution in [0.15, 0.2) is 55.0 Å². The highest BCUT2D eigenvalue weighted by Gasteiger charge is 2.22. The molecule has 0 aliphatic carbocycles. The zero-order chi connectivity index (χ0) is 27.0. The molecular formula is C28H30FN5O3S. The number of anilines is 2. The number of carbonyl (C=O) groups excluding carboxylic acids is 1.